The summed E-state index contributed by atoms with van der Waals surface area (Å²) in [5.74, 6) is 0.370. The minimum absolute atomic E-state index is 0.00359. The van der Waals surface area contributed by atoms with Crippen LogP contribution in [0.4, 0.5) is 4.20 Å². The third-order valence-electron chi connectivity index (χ3n) is 2.53. The smallest absolute Gasteiger partial charge is 0.284 e. The van der Waals surface area contributed by atoms with Gasteiger partial charge in [0.05, 0.1) is 25.7 Å². The largest absolute Gasteiger partial charge is 0.513 e. The van der Waals surface area contributed by atoms with E-state index in [1.54, 1.807) is 6.07 Å². The number of nitrogens with zero attached hydrogens (tertiary/aromatic N) is 1. The van der Waals surface area contributed by atoms with Gasteiger partial charge in [-0.2, -0.15) is 5.26 Å². The van der Waals surface area contributed by atoms with Crippen molar-refractivity contribution >= 4 is 7.91 Å². The molecule has 0 aliphatic rings. The van der Waals surface area contributed by atoms with Crippen molar-refractivity contribution in [2.45, 2.75) is 46.5 Å². The summed E-state index contributed by atoms with van der Waals surface area (Å²) in [5, 5.41) is 8.25. The molecule has 0 bridgehead atoms. The molecule has 0 aromatic heterocycles. The van der Waals surface area contributed by atoms with Crippen molar-refractivity contribution in [1.82, 2.24) is 0 Å². The standard InChI is InChI=1S/C13H23FNO3P/c1-12(2)6-4-7-13(3)8-11-18-19(14,16)17-10-5-9-15/h6,13H,4-5,7-8,10-11H2,1-3H3. The Kier molecular flexibility index (Phi) is 9.77. The Morgan fingerprint density at radius 3 is 2.58 bits per heavy atom. The van der Waals surface area contributed by atoms with E-state index in [1.807, 2.05) is 20.8 Å². The summed E-state index contributed by atoms with van der Waals surface area (Å²) in [7, 11) is -4.48. The van der Waals surface area contributed by atoms with Gasteiger partial charge in [0.25, 0.3) is 0 Å². The molecule has 0 aromatic carbocycles. The molecular weight excluding hydrogens is 268 g/mol. The number of nitriles is 1. The van der Waals surface area contributed by atoms with Crippen LogP contribution in [0.25, 0.3) is 0 Å². The van der Waals surface area contributed by atoms with E-state index < -0.39 is 7.91 Å². The minimum Gasteiger partial charge on any atom is -0.284 e. The van der Waals surface area contributed by atoms with E-state index in [2.05, 4.69) is 15.1 Å². The molecule has 0 fully saturated rings. The summed E-state index contributed by atoms with van der Waals surface area (Å²) in [6, 6.07) is 1.77. The molecule has 19 heavy (non-hydrogen) atoms. The van der Waals surface area contributed by atoms with Crippen LogP contribution < -0.4 is 0 Å². The van der Waals surface area contributed by atoms with Crippen LogP contribution in [0.1, 0.15) is 46.5 Å². The first-order chi connectivity index (χ1) is 8.87. The molecule has 4 nitrogen and oxygen atoms in total. The molecule has 2 atom stereocenters. The molecule has 6 heteroatoms. The van der Waals surface area contributed by atoms with E-state index in [9.17, 15) is 8.76 Å². The molecular formula is C13H23FNO3P. The first-order valence-electron chi connectivity index (χ1n) is 6.46. The highest BCUT2D eigenvalue weighted by atomic mass is 31.2. The van der Waals surface area contributed by atoms with Crippen LogP contribution in [0.3, 0.4) is 0 Å². The van der Waals surface area contributed by atoms with Gasteiger partial charge in [-0.05, 0) is 39.0 Å². The maximum Gasteiger partial charge on any atom is 0.513 e. The second kappa shape index (κ2) is 10.1. The summed E-state index contributed by atoms with van der Waals surface area (Å²) >= 11 is 0. The molecule has 0 amide bonds. The maximum atomic E-state index is 13.2. The van der Waals surface area contributed by atoms with E-state index in [0.717, 1.165) is 12.8 Å². The molecule has 0 radical (unpaired) electrons. The van der Waals surface area contributed by atoms with Crippen molar-refractivity contribution in [1.29, 1.82) is 5.26 Å². The Morgan fingerprint density at radius 2 is 2.00 bits per heavy atom. The average molecular weight is 291 g/mol. The molecule has 0 N–H and O–H groups in total. The molecule has 0 aliphatic heterocycles. The lowest BCUT2D eigenvalue weighted by molar-refractivity contribution is 0.168. The van der Waals surface area contributed by atoms with Gasteiger partial charge in [0.2, 0.25) is 0 Å². The number of halogens is 1. The molecule has 0 spiro atoms. The third kappa shape index (κ3) is 12.1. The summed E-state index contributed by atoms with van der Waals surface area (Å²) in [6.45, 7) is 6.00. The lowest BCUT2D eigenvalue weighted by Gasteiger charge is -2.12. The van der Waals surface area contributed by atoms with Gasteiger partial charge in [-0.1, -0.05) is 18.6 Å². The molecule has 0 aromatic rings. The number of allylic oxidation sites excluding steroid dienone is 2. The number of rotatable bonds is 10. The molecule has 0 heterocycles. The molecule has 0 saturated heterocycles. The molecule has 2 unspecified atom stereocenters. The van der Waals surface area contributed by atoms with Crippen LogP contribution in [0.2, 0.25) is 0 Å². The third-order valence-corrected chi connectivity index (χ3v) is 3.51. The topological polar surface area (TPSA) is 59.3 Å². The average Bonchev–Trinajstić information content (AvgIpc) is 2.28. The van der Waals surface area contributed by atoms with Crippen LogP contribution in [0.15, 0.2) is 11.6 Å². The van der Waals surface area contributed by atoms with Gasteiger partial charge in [-0.25, -0.2) is 4.57 Å². The van der Waals surface area contributed by atoms with E-state index in [-0.39, 0.29) is 19.6 Å². The van der Waals surface area contributed by atoms with Crippen molar-refractivity contribution in [3.8, 4) is 6.07 Å². The predicted octanol–water partition coefficient (Wildman–Crippen LogP) is 4.78. The van der Waals surface area contributed by atoms with Gasteiger partial charge >= 0.3 is 7.91 Å². The minimum atomic E-state index is -4.48. The van der Waals surface area contributed by atoms with Crippen LogP contribution >= 0.6 is 7.91 Å². The maximum absolute atomic E-state index is 13.2. The molecule has 110 valence electrons. The van der Waals surface area contributed by atoms with E-state index >= 15 is 0 Å². The van der Waals surface area contributed by atoms with Crippen molar-refractivity contribution in [3.05, 3.63) is 11.6 Å². The van der Waals surface area contributed by atoms with Gasteiger partial charge < -0.3 is 0 Å². The van der Waals surface area contributed by atoms with Crippen LogP contribution in [-0.2, 0) is 13.6 Å². The zero-order valence-electron chi connectivity index (χ0n) is 11.9. The highest BCUT2D eigenvalue weighted by Gasteiger charge is 2.23. The second-order valence-corrected chi connectivity index (χ2v) is 6.14. The fourth-order valence-electron chi connectivity index (χ4n) is 1.40. The SMILES string of the molecule is CC(C)=CCCC(C)CCOP(=O)(F)OCCC#N. The summed E-state index contributed by atoms with van der Waals surface area (Å²) < 4.78 is 33.4. The zero-order chi connectivity index (χ0) is 14.7. The number of hydrogen-bond acceptors (Lipinski definition) is 4. The first kappa shape index (κ1) is 18.3. The van der Waals surface area contributed by atoms with Crippen molar-refractivity contribution < 1.29 is 17.8 Å². The fourth-order valence-corrected chi connectivity index (χ4v) is 2.11. The van der Waals surface area contributed by atoms with E-state index in [0.29, 0.717) is 12.3 Å². The highest BCUT2D eigenvalue weighted by Crippen LogP contribution is 2.50. The van der Waals surface area contributed by atoms with Crippen LogP contribution in [0.5, 0.6) is 0 Å². The number of hydrogen-bond donors (Lipinski definition) is 0. The van der Waals surface area contributed by atoms with Crippen LogP contribution in [0, 0.1) is 17.2 Å². The Bertz CT molecular complexity index is 361. The monoisotopic (exact) mass is 291 g/mol. The van der Waals surface area contributed by atoms with Crippen molar-refractivity contribution in [2.75, 3.05) is 13.2 Å². The van der Waals surface area contributed by atoms with Gasteiger partial charge in [-0.3, -0.25) is 9.05 Å². The lowest BCUT2D eigenvalue weighted by atomic mass is 10.0. The Morgan fingerprint density at radius 1 is 1.37 bits per heavy atom. The normalized spacial score (nSPS) is 15.3. The second-order valence-electron chi connectivity index (χ2n) is 4.76. The lowest BCUT2D eigenvalue weighted by Crippen LogP contribution is -2.01. The summed E-state index contributed by atoms with van der Waals surface area (Å²) in [5.41, 5.74) is 1.28. The van der Waals surface area contributed by atoms with Crippen molar-refractivity contribution in [2.24, 2.45) is 5.92 Å². The summed E-state index contributed by atoms with van der Waals surface area (Å²) in [4.78, 5) is 0. The first-order valence-corrected chi connectivity index (χ1v) is 7.90. The van der Waals surface area contributed by atoms with E-state index in [4.69, 9.17) is 5.26 Å². The predicted molar refractivity (Wildman–Crippen MR) is 73.3 cm³/mol. The van der Waals surface area contributed by atoms with Crippen LogP contribution in [-0.4, -0.2) is 13.2 Å². The highest BCUT2D eigenvalue weighted by molar-refractivity contribution is 7.48. The van der Waals surface area contributed by atoms with E-state index in [1.165, 1.54) is 5.57 Å². The summed E-state index contributed by atoms with van der Waals surface area (Å²) in [6.07, 6.45) is 4.75. The Hall–Kier alpha value is -0.690. The molecule has 0 saturated carbocycles. The Labute approximate surface area is 115 Å². The molecule has 0 rings (SSSR count). The van der Waals surface area contributed by atoms with Gasteiger partial charge in [-0.15, -0.1) is 4.20 Å². The fraction of sp³-hybridized carbons (Fsp3) is 0.769. The van der Waals surface area contributed by atoms with Gasteiger partial charge in [0.1, 0.15) is 0 Å². The van der Waals surface area contributed by atoms with Gasteiger partial charge in [0, 0.05) is 0 Å². The Balaban J connectivity index is 3.74. The quantitative estimate of drug-likeness (QED) is 0.330. The molecule has 0 aliphatic carbocycles. The van der Waals surface area contributed by atoms with Gasteiger partial charge in [0.15, 0.2) is 0 Å². The zero-order valence-corrected chi connectivity index (χ0v) is 12.8. The van der Waals surface area contributed by atoms with Crippen molar-refractivity contribution in [3.63, 3.8) is 0 Å².